The molecule has 0 radical (unpaired) electrons. The molecular weight excluding hydrogens is 262 g/mol. The highest BCUT2D eigenvalue weighted by atomic mass is 16.2. The molecule has 4 heteroatoms. The monoisotopic (exact) mass is 281 g/mol. The number of fused-ring (bicyclic) bond motifs is 1. The Morgan fingerprint density at radius 1 is 1.24 bits per heavy atom. The largest absolute Gasteiger partial charge is 0.306 e. The van der Waals surface area contributed by atoms with Crippen molar-refractivity contribution in [3.05, 3.63) is 53.1 Å². The highest BCUT2D eigenvalue weighted by Crippen LogP contribution is 2.32. The van der Waals surface area contributed by atoms with E-state index >= 15 is 0 Å². The molecule has 0 saturated carbocycles. The number of amides is 1. The molecule has 1 aromatic heterocycles. The molecule has 1 unspecified atom stereocenters. The highest BCUT2D eigenvalue weighted by molar-refractivity contribution is 6.05. The molecule has 1 aromatic carbocycles. The van der Waals surface area contributed by atoms with Gasteiger partial charge in [-0.25, -0.2) is 4.98 Å². The smallest absolute Gasteiger partial charge is 0.278 e. The number of aromatic nitrogens is 2. The van der Waals surface area contributed by atoms with Crippen molar-refractivity contribution in [1.29, 1.82) is 0 Å². The minimum atomic E-state index is -0.0702. The number of hydrogen-bond donors (Lipinski definition) is 0. The van der Waals surface area contributed by atoms with Crippen molar-refractivity contribution in [2.75, 3.05) is 11.4 Å². The summed E-state index contributed by atoms with van der Waals surface area (Å²) < 4.78 is 0. The predicted molar refractivity (Wildman–Crippen MR) is 82.5 cm³/mol. The number of aryl methyl sites for hydroxylation is 2. The zero-order valence-corrected chi connectivity index (χ0v) is 12.6. The van der Waals surface area contributed by atoms with E-state index in [1.165, 1.54) is 22.9 Å². The third kappa shape index (κ3) is 2.53. The lowest BCUT2D eigenvalue weighted by atomic mass is 9.91. The number of carbonyl (C=O) groups is 1. The predicted octanol–water partition coefficient (Wildman–Crippen LogP) is 2.93. The Bertz CT molecular complexity index is 682. The molecular formula is C17H19N3O. The van der Waals surface area contributed by atoms with Gasteiger partial charge >= 0.3 is 0 Å². The van der Waals surface area contributed by atoms with Gasteiger partial charge in [-0.1, -0.05) is 13.0 Å². The molecule has 108 valence electrons. The average molecular weight is 281 g/mol. The number of nitrogens with zero attached hydrogens (tertiary/aromatic N) is 3. The summed E-state index contributed by atoms with van der Waals surface area (Å²) in [6.07, 6.45) is 5.68. The summed E-state index contributed by atoms with van der Waals surface area (Å²) >= 11 is 0. The van der Waals surface area contributed by atoms with Gasteiger partial charge < -0.3 is 4.90 Å². The van der Waals surface area contributed by atoms with Crippen LogP contribution < -0.4 is 4.90 Å². The minimum absolute atomic E-state index is 0.0702. The fraction of sp³-hybridized carbons (Fsp3) is 0.353. The van der Waals surface area contributed by atoms with E-state index in [-0.39, 0.29) is 5.91 Å². The van der Waals surface area contributed by atoms with E-state index < -0.39 is 0 Å². The first kappa shape index (κ1) is 13.7. The Labute approximate surface area is 124 Å². The molecule has 2 heterocycles. The summed E-state index contributed by atoms with van der Waals surface area (Å²) in [5, 5.41) is 0. The normalized spacial score (nSPS) is 17.5. The maximum Gasteiger partial charge on any atom is 0.278 e. The van der Waals surface area contributed by atoms with Gasteiger partial charge in [0.15, 0.2) is 0 Å². The maximum absolute atomic E-state index is 12.7. The molecule has 0 bridgehead atoms. The van der Waals surface area contributed by atoms with Crippen LogP contribution in [0.5, 0.6) is 0 Å². The number of hydrogen-bond acceptors (Lipinski definition) is 3. The highest BCUT2D eigenvalue weighted by Gasteiger charge is 2.28. The van der Waals surface area contributed by atoms with Crippen LogP contribution in [-0.2, 0) is 6.42 Å². The summed E-state index contributed by atoms with van der Waals surface area (Å²) in [7, 11) is 0. The molecule has 21 heavy (non-hydrogen) atoms. The SMILES string of the molecule is Cc1cc2c(cc1C)N(C(=O)c1cnccn1)CC(C)C2. The van der Waals surface area contributed by atoms with E-state index in [2.05, 4.69) is 42.9 Å². The van der Waals surface area contributed by atoms with E-state index in [1.807, 2.05) is 4.90 Å². The Morgan fingerprint density at radius 3 is 2.71 bits per heavy atom. The second-order valence-electron chi connectivity index (χ2n) is 5.88. The van der Waals surface area contributed by atoms with E-state index in [1.54, 1.807) is 12.4 Å². The maximum atomic E-state index is 12.7. The molecule has 1 amide bonds. The van der Waals surface area contributed by atoms with Crippen LogP contribution in [0.3, 0.4) is 0 Å². The Balaban J connectivity index is 2.05. The summed E-state index contributed by atoms with van der Waals surface area (Å²) in [5.74, 6) is 0.374. The van der Waals surface area contributed by atoms with E-state index in [4.69, 9.17) is 0 Å². The zero-order chi connectivity index (χ0) is 15.0. The van der Waals surface area contributed by atoms with E-state index in [0.717, 1.165) is 18.7 Å². The summed E-state index contributed by atoms with van der Waals surface area (Å²) in [6, 6.07) is 4.32. The fourth-order valence-corrected chi connectivity index (χ4v) is 2.87. The van der Waals surface area contributed by atoms with E-state index in [0.29, 0.717) is 11.6 Å². The molecule has 0 aliphatic carbocycles. The van der Waals surface area contributed by atoms with Crippen molar-refractivity contribution in [1.82, 2.24) is 9.97 Å². The van der Waals surface area contributed by atoms with Crippen molar-refractivity contribution in [2.24, 2.45) is 5.92 Å². The number of anilines is 1. The molecule has 0 fully saturated rings. The first-order valence-electron chi connectivity index (χ1n) is 7.24. The number of carbonyl (C=O) groups excluding carboxylic acids is 1. The van der Waals surface area contributed by atoms with Crippen molar-refractivity contribution in [2.45, 2.75) is 27.2 Å². The van der Waals surface area contributed by atoms with Crippen molar-refractivity contribution in [3.63, 3.8) is 0 Å². The quantitative estimate of drug-likeness (QED) is 0.807. The van der Waals surface area contributed by atoms with Crippen LogP contribution >= 0.6 is 0 Å². The van der Waals surface area contributed by atoms with Gasteiger partial charge in [-0.05, 0) is 48.9 Å². The Kier molecular flexibility index (Phi) is 3.45. The lowest BCUT2D eigenvalue weighted by Crippen LogP contribution is -2.39. The second-order valence-corrected chi connectivity index (χ2v) is 5.88. The van der Waals surface area contributed by atoms with E-state index in [9.17, 15) is 4.79 Å². The van der Waals surface area contributed by atoms with Crippen molar-refractivity contribution in [3.8, 4) is 0 Å². The van der Waals surface area contributed by atoms with Crippen LogP contribution in [0, 0.1) is 19.8 Å². The molecule has 3 rings (SSSR count). The van der Waals surface area contributed by atoms with Gasteiger partial charge in [0.05, 0.1) is 6.20 Å². The molecule has 0 N–H and O–H groups in total. The lowest BCUT2D eigenvalue weighted by molar-refractivity contribution is 0.0976. The summed E-state index contributed by atoms with van der Waals surface area (Å²) in [4.78, 5) is 22.7. The van der Waals surface area contributed by atoms with Crippen LogP contribution in [0.2, 0.25) is 0 Å². The van der Waals surface area contributed by atoms with Crippen molar-refractivity contribution >= 4 is 11.6 Å². The first-order chi connectivity index (χ1) is 10.1. The van der Waals surface area contributed by atoms with Gasteiger partial charge in [0.25, 0.3) is 5.91 Å². The molecule has 2 aromatic rings. The Morgan fingerprint density at radius 2 is 2.00 bits per heavy atom. The molecule has 0 saturated heterocycles. The summed E-state index contributed by atoms with van der Waals surface area (Å²) in [5.41, 5.74) is 5.15. The van der Waals surface area contributed by atoms with Crippen LogP contribution in [0.1, 0.15) is 34.1 Å². The molecule has 1 aliphatic heterocycles. The molecule has 1 aliphatic rings. The summed E-state index contributed by atoms with van der Waals surface area (Å²) in [6.45, 7) is 7.10. The number of benzene rings is 1. The molecule has 0 spiro atoms. The minimum Gasteiger partial charge on any atom is -0.306 e. The van der Waals surface area contributed by atoms with Crippen LogP contribution in [0.4, 0.5) is 5.69 Å². The third-order valence-corrected chi connectivity index (χ3v) is 4.08. The van der Waals surface area contributed by atoms with Gasteiger partial charge in [0, 0.05) is 24.6 Å². The van der Waals surface area contributed by atoms with Crippen LogP contribution in [0.25, 0.3) is 0 Å². The zero-order valence-electron chi connectivity index (χ0n) is 12.6. The molecule has 1 atom stereocenters. The van der Waals surface area contributed by atoms with Crippen LogP contribution in [0.15, 0.2) is 30.7 Å². The molecule has 4 nitrogen and oxygen atoms in total. The number of rotatable bonds is 1. The van der Waals surface area contributed by atoms with Gasteiger partial charge in [0.2, 0.25) is 0 Å². The lowest BCUT2D eigenvalue weighted by Gasteiger charge is -2.33. The Hall–Kier alpha value is -2.23. The second kappa shape index (κ2) is 5.28. The van der Waals surface area contributed by atoms with Gasteiger partial charge in [-0.2, -0.15) is 0 Å². The van der Waals surface area contributed by atoms with Gasteiger partial charge in [0.1, 0.15) is 5.69 Å². The van der Waals surface area contributed by atoms with Crippen LogP contribution in [-0.4, -0.2) is 22.4 Å². The fourth-order valence-electron chi connectivity index (χ4n) is 2.87. The first-order valence-corrected chi connectivity index (χ1v) is 7.24. The van der Waals surface area contributed by atoms with Gasteiger partial charge in [-0.3, -0.25) is 9.78 Å². The standard InChI is InChI=1S/C17H19N3O/c1-11-6-14-7-12(2)13(3)8-16(14)20(10-11)17(21)15-9-18-4-5-19-15/h4-5,7-9,11H,6,10H2,1-3H3. The topological polar surface area (TPSA) is 46.1 Å². The third-order valence-electron chi connectivity index (χ3n) is 4.08. The average Bonchev–Trinajstić information content (AvgIpc) is 2.48. The van der Waals surface area contributed by atoms with Crippen molar-refractivity contribution < 1.29 is 4.79 Å². The van der Waals surface area contributed by atoms with Gasteiger partial charge in [-0.15, -0.1) is 0 Å².